The Morgan fingerprint density at radius 3 is 2.65 bits per heavy atom. The highest BCUT2D eigenvalue weighted by Gasteiger charge is 2.12. The smallest absolute Gasteiger partial charge is 0.126 e. The zero-order valence-corrected chi connectivity index (χ0v) is 10.1. The molecule has 1 heterocycles. The summed E-state index contributed by atoms with van der Waals surface area (Å²) in [5.41, 5.74) is 8.19. The van der Waals surface area contributed by atoms with Gasteiger partial charge in [-0.05, 0) is 18.6 Å². The number of benzene rings is 1. The van der Waals surface area contributed by atoms with Crippen molar-refractivity contribution in [1.29, 1.82) is 0 Å². The number of rotatable bonds is 3. The summed E-state index contributed by atoms with van der Waals surface area (Å²) in [7, 11) is 1.93. The van der Waals surface area contributed by atoms with E-state index in [1.165, 1.54) is 6.07 Å². The summed E-state index contributed by atoms with van der Waals surface area (Å²) in [6.07, 6.45) is 0.506. The fraction of sp³-hybridized carbons (Fsp3) is 0.308. The second-order valence-electron chi connectivity index (χ2n) is 4.09. The Balaban J connectivity index is 2.34. The van der Waals surface area contributed by atoms with Crippen LogP contribution in [0, 0.1) is 12.7 Å². The van der Waals surface area contributed by atoms with Crippen molar-refractivity contribution in [2.45, 2.75) is 19.9 Å². The van der Waals surface area contributed by atoms with E-state index in [9.17, 15) is 4.39 Å². The minimum Gasteiger partial charge on any atom is -0.334 e. The molecule has 0 unspecified atom stereocenters. The Hall–Kier alpha value is -1.68. The van der Waals surface area contributed by atoms with Gasteiger partial charge in [0, 0.05) is 19.2 Å². The first-order valence-electron chi connectivity index (χ1n) is 5.58. The summed E-state index contributed by atoms with van der Waals surface area (Å²) in [6.45, 7) is 2.37. The van der Waals surface area contributed by atoms with Gasteiger partial charge in [0.2, 0.25) is 0 Å². The largest absolute Gasteiger partial charge is 0.334 e. The lowest BCUT2D eigenvalue weighted by Crippen LogP contribution is -2.05. The van der Waals surface area contributed by atoms with E-state index < -0.39 is 0 Å². The van der Waals surface area contributed by atoms with E-state index in [-0.39, 0.29) is 5.82 Å². The fourth-order valence-electron chi connectivity index (χ4n) is 1.87. The molecule has 2 aromatic rings. The van der Waals surface area contributed by atoms with E-state index in [1.807, 2.05) is 24.6 Å². The lowest BCUT2D eigenvalue weighted by Gasteiger charge is -2.02. The second kappa shape index (κ2) is 4.67. The molecule has 0 aliphatic carbocycles. The van der Waals surface area contributed by atoms with Crippen molar-refractivity contribution in [3.05, 3.63) is 52.9 Å². The van der Waals surface area contributed by atoms with Crippen LogP contribution in [0.4, 0.5) is 4.39 Å². The van der Waals surface area contributed by atoms with Crippen LogP contribution in [0.15, 0.2) is 24.3 Å². The van der Waals surface area contributed by atoms with E-state index in [0.29, 0.717) is 18.5 Å². The van der Waals surface area contributed by atoms with Gasteiger partial charge in [0.25, 0.3) is 0 Å². The van der Waals surface area contributed by atoms with Gasteiger partial charge >= 0.3 is 0 Å². The van der Waals surface area contributed by atoms with Crippen molar-refractivity contribution in [2.75, 3.05) is 0 Å². The van der Waals surface area contributed by atoms with Gasteiger partial charge in [-0.2, -0.15) is 0 Å². The van der Waals surface area contributed by atoms with Crippen LogP contribution in [-0.4, -0.2) is 9.55 Å². The monoisotopic (exact) mass is 233 g/mol. The van der Waals surface area contributed by atoms with Crippen molar-refractivity contribution >= 4 is 0 Å². The predicted octanol–water partition coefficient (Wildman–Crippen LogP) is 1.92. The third kappa shape index (κ3) is 2.22. The number of aromatic nitrogens is 2. The van der Waals surface area contributed by atoms with Gasteiger partial charge in [-0.3, -0.25) is 0 Å². The Labute approximate surface area is 100 Å². The standard InChI is InChI=1S/C13H16FN3/c1-9-12(16-13(8-15)17(9)2)7-10-5-3-4-6-11(10)14/h3-6H,7-8,15H2,1-2H3. The number of hydrogen-bond donors (Lipinski definition) is 1. The maximum Gasteiger partial charge on any atom is 0.126 e. The molecule has 0 saturated heterocycles. The third-order valence-electron chi connectivity index (χ3n) is 3.07. The van der Waals surface area contributed by atoms with Crippen molar-refractivity contribution < 1.29 is 4.39 Å². The molecule has 4 heteroatoms. The molecular formula is C13H16FN3. The minimum absolute atomic E-state index is 0.188. The van der Waals surface area contributed by atoms with Gasteiger partial charge in [-0.1, -0.05) is 18.2 Å². The molecule has 0 radical (unpaired) electrons. The molecular weight excluding hydrogens is 217 g/mol. The molecule has 0 atom stereocenters. The van der Waals surface area contributed by atoms with E-state index >= 15 is 0 Å². The predicted molar refractivity (Wildman–Crippen MR) is 65.0 cm³/mol. The van der Waals surface area contributed by atoms with Crippen LogP contribution in [0.1, 0.15) is 22.8 Å². The van der Waals surface area contributed by atoms with E-state index in [1.54, 1.807) is 12.1 Å². The number of hydrogen-bond acceptors (Lipinski definition) is 2. The molecule has 0 aliphatic rings. The number of nitrogens with two attached hydrogens (primary N) is 1. The fourth-order valence-corrected chi connectivity index (χ4v) is 1.87. The van der Waals surface area contributed by atoms with E-state index in [4.69, 9.17) is 5.73 Å². The molecule has 1 aromatic carbocycles. The highest BCUT2D eigenvalue weighted by molar-refractivity contribution is 5.26. The van der Waals surface area contributed by atoms with Crippen molar-refractivity contribution in [3.8, 4) is 0 Å². The van der Waals surface area contributed by atoms with E-state index in [0.717, 1.165) is 17.2 Å². The quantitative estimate of drug-likeness (QED) is 0.880. The second-order valence-corrected chi connectivity index (χ2v) is 4.09. The van der Waals surface area contributed by atoms with Crippen LogP contribution >= 0.6 is 0 Å². The van der Waals surface area contributed by atoms with Crippen LogP contribution in [0.5, 0.6) is 0 Å². The number of nitrogens with zero attached hydrogens (tertiary/aromatic N) is 2. The SMILES string of the molecule is Cc1c(Cc2ccccc2F)nc(CN)n1C. The Bertz CT molecular complexity index is 531. The Kier molecular flexibility index (Phi) is 3.24. The first kappa shape index (κ1) is 11.8. The molecule has 2 rings (SSSR count). The van der Waals surface area contributed by atoms with E-state index in [2.05, 4.69) is 4.98 Å². The highest BCUT2D eigenvalue weighted by Crippen LogP contribution is 2.16. The third-order valence-corrected chi connectivity index (χ3v) is 3.07. The van der Waals surface area contributed by atoms with Crippen LogP contribution in [-0.2, 0) is 20.0 Å². The molecule has 0 bridgehead atoms. The van der Waals surface area contributed by atoms with Gasteiger partial charge in [0.1, 0.15) is 11.6 Å². The van der Waals surface area contributed by atoms with Gasteiger partial charge in [0.15, 0.2) is 0 Å². The number of halogens is 1. The van der Waals surface area contributed by atoms with Crippen LogP contribution in [0.2, 0.25) is 0 Å². The van der Waals surface area contributed by atoms with Crippen molar-refractivity contribution in [3.63, 3.8) is 0 Å². The summed E-state index contributed by atoms with van der Waals surface area (Å²) in [5.74, 6) is 0.640. The van der Waals surface area contributed by atoms with Crippen LogP contribution in [0.25, 0.3) is 0 Å². The normalized spacial score (nSPS) is 10.8. The lowest BCUT2D eigenvalue weighted by molar-refractivity contribution is 0.613. The molecule has 0 amide bonds. The molecule has 0 aliphatic heterocycles. The molecule has 2 N–H and O–H groups in total. The molecule has 0 saturated carbocycles. The van der Waals surface area contributed by atoms with Crippen molar-refractivity contribution in [1.82, 2.24) is 9.55 Å². The van der Waals surface area contributed by atoms with Gasteiger partial charge in [0.05, 0.1) is 12.2 Å². The number of imidazole rings is 1. The molecule has 0 spiro atoms. The summed E-state index contributed by atoms with van der Waals surface area (Å²) < 4.78 is 15.5. The van der Waals surface area contributed by atoms with Crippen LogP contribution < -0.4 is 5.73 Å². The summed E-state index contributed by atoms with van der Waals surface area (Å²) >= 11 is 0. The maximum atomic E-state index is 13.5. The molecule has 17 heavy (non-hydrogen) atoms. The van der Waals surface area contributed by atoms with Gasteiger partial charge < -0.3 is 10.3 Å². The zero-order valence-electron chi connectivity index (χ0n) is 10.1. The minimum atomic E-state index is -0.188. The molecule has 0 fully saturated rings. The lowest BCUT2D eigenvalue weighted by atomic mass is 10.1. The molecule has 3 nitrogen and oxygen atoms in total. The van der Waals surface area contributed by atoms with Crippen molar-refractivity contribution in [2.24, 2.45) is 12.8 Å². The maximum absolute atomic E-state index is 13.5. The molecule has 90 valence electrons. The van der Waals surface area contributed by atoms with Crippen LogP contribution in [0.3, 0.4) is 0 Å². The van der Waals surface area contributed by atoms with Gasteiger partial charge in [-0.15, -0.1) is 0 Å². The van der Waals surface area contributed by atoms with Gasteiger partial charge in [-0.25, -0.2) is 9.37 Å². The molecule has 1 aromatic heterocycles. The zero-order chi connectivity index (χ0) is 12.4. The Morgan fingerprint density at radius 1 is 1.35 bits per heavy atom. The summed E-state index contributed by atoms with van der Waals surface area (Å²) in [5, 5.41) is 0. The highest BCUT2D eigenvalue weighted by atomic mass is 19.1. The average molecular weight is 233 g/mol. The first-order valence-corrected chi connectivity index (χ1v) is 5.58. The first-order chi connectivity index (χ1) is 8.13. The summed E-state index contributed by atoms with van der Waals surface area (Å²) in [4.78, 5) is 4.44. The summed E-state index contributed by atoms with van der Waals surface area (Å²) in [6, 6.07) is 6.78. The topological polar surface area (TPSA) is 43.8 Å². The Morgan fingerprint density at radius 2 is 2.06 bits per heavy atom. The average Bonchev–Trinajstić information content (AvgIpc) is 2.60.